The highest BCUT2D eigenvalue weighted by molar-refractivity contribution is 7.80. The molecule has 0 radical (unpaired) electrons. The quantitative estimate of drug-likeness (QED) is 0.259. The molecule has 0 saturated heterocycles. The molecule has 8 heteroatoms. The lowest BCUT2D eigenvalue weighted by Gasteiger charge is -2.08. The molecule has 1 rings (SSSR count). The van der Waals surface area contributed by atoms with E-state index in [1.807, 2.05) is 12.1 Å². The summed E-state index contributed by atoms with van der Waals surface area (Å²) in [5.41, 5.74) is 1.34. The fourth-order valence-corrected chi connectivity index (χ4v) is 3.06. The molecule has 7 nitrogen and oxygen atoms in total. The number of hydrogen-bond donors (Lipinski definition) is 1. The summed E-state index contributed by atoms with van der Waals surface area (Å²) in [6.45, 7) is 3.64. The predicted octanol–water partition coefficient (Wildman–Crippen LogP) is 4.21. The first-order chi connectivity index (χ1) is 14.0. The van der Waals surface area contributed by atoms with Crippen LogP contribution in [-0.2, 0) is 30.5 Å². The first-order valence-corrected chi connectivity index (χ1v) is 11.9. The predicted molar refractivity (Wildman–Crippen MR) is 113 cm³/mol. The van der Waals surface area contributed by atoms with E-state index in [0.717, 1.165) is 12.2 Å². The van der Waals surface area contributed by atoms with Crippen LogP contribution in [0.25, 0.3) is 0 Å². The summed E-state index contributed by atoms with van der Waals surface area (Å²) in [7, 11) is -4.40. The molecule has 0 heterocycles. The zero-order valence-corrected chi connectivity index (χ0v) is 18.3. The first-order valence-electron chi connectivity index (χ1n) is 10.5. The molecule has 0 aliphatic carbocycles. The van der Waals surface area contributed by atoms with Gasteiger partial charge in [0.25, 0.3) is 0 Å². The Morgan fingerprint density at radius 2 is 1.31 bits per heavy atom. The molecule has 0 spiro atoms. The Morgan fingerprint density at radius 3 is 1.93 bits per heavy atom. The summed E-state index contributed by atoms with van der Waals surface area (Å²) in [5, 5.41) is 0. The topological polar surface area (TPSA) is 91.3 Å². The fraction of sp³-hybridized carbons (Fsp3) is 0.714. The summed E-state index contributed by atoms with van der Waals surface area (Å²) in [5.74, 6) is 0.829. The lowest BCUT2D eigenvalue weighted by Crippen LogP contribution is -2.14. The van der Waals surface area contributed by atoms with Gasteiger partial charge in [-0.15, -0.1) is 0 Å². The van der Waals surface area contributed by atoms with Gasteiger partial charge >= 0.3 is 10.4 Å². The maximum Gasteiger partial charge on any atom is 0.397 e. The monoisotopic (exact) mass is 432 g/mol. The van der Waals surface area contributed by atoms with Crippen LogP contribution in [-0.4, -0.2) is 52.6 Å². The molecule has 1 N–H and O–H groups in total. The van der Waals surface area contributed by atoms with E-state index < -0.39 is 10.4 Å². The van der Waals surface area contributed by atoms with Crippen LogP contribution in [0.5, 0.6) is 5.75 Å². The van der Waals surface area contributed by atoms with Crippen molar-refractivity contribution in [1.29, 1.82) is 0 Å². The average molecular weight is 433 g/mol. The van der Waals surface area contributed by atoms with E-state index in [1.54, 1.807) is 0 Å². The van der Waals surface area contributed by atoms with Crippen LogP contribution < -0.4 is 4.74 Å². The lowest BCUT2D eigenvalue weighted by atomic mass is 10.0. The summed E-state index contributed by atoms with van der Waals surface area (Å²) < 4.78 is 49.2. The van der Waals surface area contributed by atoms with Crippen molar-refractivity contribution in [1.82, 2.24) is 0 Å². The molecule has 0 unspecified atom stereocenters. The third-order valence-electron chi connectivity index (χ3n) is 4.32. The molecular weight excluding hydrogens is 396 g/mol. The van der Waals surface area contributed by atoms with Gasteiger partial charge in [0.2, 0.25) is 0 Å². The van der Waals surface area contributed by atoms with Gasteiger partial charge in [0.05, 0.1) is 33.0 Å². The first kappa shape index (κ1) is 25.8. The highest BCUT2D eigenvalue weighted by atomic mass is 32.3. The Bertz CT molecular complexity index is 602. The summed E-state index contributed by atoms with van der Waals surface area (Å²) in [6, 6.07) is 8.23. The lowest BCUT2D eigenvalue weighted by molar-refractivity contribution is 0.0269. The molecule has 0 amide bonds. The van der Waals surface area contributed by atoms with Gasteiger partial charge < -0.3 is 14.2 Å². The number of hydrogen-bond acceptors (Lipinski definition) is 6. The number of benzene rings is 1. The fourth-order valence-electron chi connectivity index (χ4n) is 2.78. The van der Waals surface area contributed by atoms with E-state index in [1.165, 1.54) is 50.5 Å². The molecule has 0 atom stereocenters. The average Bonchev–Trinajstić information content (AvgIpc) is 2.69. The molecule has 0 saturated carbocycles. The van der Waals surface area contributed by atoms with Gasteiger partial charge in [-0.2, -0.15) is 8.42 Å². The molecule has 168 valence electrons. The van der Waals surface area contributed by atoms with Crippen molar-refractivity contribution < 1.29 is 31.4 Å². The van der Waals surface area contributed by atoms with Gasteiger partial charge in [-0.25, -0.2) is 4.18 Å². The van der Waals surface area contributed by atoms with Crippen LogP contribution in [0.15, 0.2) is 24.3 Å². The van der Waals surface area contributed by atoms with Crippen molar-refractivity contribution in [3.63, 3.8) is 0 Å². The Labute approximate surface area is 175 Å². The maximum atomic E-state index is 10.3. The normalized spacial score (nSPS) is 11.7. The second-order valence-electron chi connectivity index (χ2n) is 6.84. The van der Waals surface area contributed by atoms with E-state index in [4.69, 9.17) is 18.8 Å². The van der Waals surface area contributed by atoms with Crippen molar-refractivity contribution in [3.05, 3.63) is 29.8 Å². The molecule has 1 aromatic carbocycles. The molecule has 1 aromatic rings. The summed E-state index contributed by atoms with van der Waals surface area (Å²) in [4.78, 5) is 0. The van der Waals surface area contributed by atoms with Crippen molar-refractivity contribution in [2.24, 2.45) is 0 Å². The molecule has 29 heavy (non-hydrogen) atoms. The van der Waals surface area contributed by atoms with Crippen molar-refractivity contribution in [2.45, 2.75) is 58.3 Å². The van der Waals surface area contributed by atoms with Gasteiger partial charge in [0.1, 0.15) is 12.4 Å². The van der Waals surface area contributed by atoms with Gasteiger partial charge in [-0.05, 0) is 30.5 Å². The maximum absolute atomic E-state index is 10.3. The van der Waals surface area contributed by atoms with E-state index in [2.05, 4.69) is 23.2 Å². The number of rotatable bonds is 19. The van der Waals surface area contributed by atoms with E-state index in [9.17, 15) is 8.42 Å². The van der Waals surface area contributed by atoms with E-state index in [-0.39, 0.29) is 13.2 Å². The highest BCUT2D eigenvalue weighted by Gasteiger charge is 2.03. The van der Waals surface area contributed by atoms with Crippen molar-refractivity contribution >= 4 is 10.4 Å². The van der Waals surface area contributed by atoms with Crippen LogP contribution in [0.1, 0.15) is 57.4 Å². The van der Waals surface area contributed by atoms with Crippen molar-refractivity contribution in [3.8, 4) is 5.75 Å². The van der Waals surface area contributed by atoms with Crippen LogP contribution >= 0.6 is 0 Å². The minimum absolute atomic E-state index is 0.0604. The third kappa shape index (κ3) is 16.3. The number of aryl methyl sites for hydroxylation is 1. The largest absolute Gasteiger partial charge is 0.491 e. The zero-order valence-electron chi connectivity index (χ0n) is 17.5. The SMILES string of the molecule is CCCCCCCCCc1ccc(OCCOCCOCCOS(=O)(=O)O)cc1. The molecule has 0 bridgehead atoms. The summed E-state index contributed by atoms with van der Waals surface area (Å²) in [6.07, 6.45) is 10.4. The zero-order chi connectivity index (χ0) is 21.2. The highest BCUT2D eigenvalue weighted by Crippen LogP contribution is 2.15. The van der Waals surface area contributed by atoms with E-state index >= 15 is 0 Å². The Balaban J connectivity index is 1.96. The molecule has 0 aliphatic rings. The van der Waals surface area contributed by atoms with Gasteiger partial charge in [0.15, 0.2) is 0 Å². The van der Waals surface area contributed by atoms with Gasteiger partial charge in [-0.3, -0.25) is 4.55 Å². The standard InChI is InChI=1S/C21H36O7S/c1-2-3-4-5-6-7-8-9-20-10-12-21(13-11-20)27-18-16-25-14-15-26-17-19-28-29(22,23)24/h10-13H,2-9,14-19H2,1H3,(H,22,23,24). The van der Waals surface area contributed by atoms with Crippen LogP contribution in [0, 0.1) is 0 Å². The minimum Gasteiger partial charge on any atom is -0.491 e. The van der Waals surface area contributed by atoms with Crippen LogP contribution in [0.4, 0.5) is 0 Å². The smallest absolute Gasteiger partial charge is 0.397 e. The molecule has 0 aliphatic heterocycles. The summed E-state index contributed by atoms with van der Waals surface area (Å²) >= 11 is 0. The Kier molecular flexibility index (Phi) is 14.8. The molecule has 0 aromatic heterocycles. The van der Waals surface area contributed by atoms with Crippen molar-refractivity contribution in [2.75, 3.05) is 39.6 Å². The number of ether oxygens (including phenoxy) is 3. The Morgan fingerprint density at radius 1 is 0.759 bits per heavy atom. The second kappa shape index (κ2) is 16.6. The third-order valence-corrected chi connectivity index (χ3v) is 4.79. The van der Waals surface area contributed by atoms with Gasteiger partial charge in [-0.1, -0.05) is 57.6 Å². The van der Waals surface area contributed by atoms with Crippen LogP contribution in [0.3, 0.4) is 0 Å². The number of unbranched alkanes of at least 4 members (excludes halogenated alkanes) is 6. The second-order valence-corrected chi connectivity index (χ2v) is 7.93. The van der Waals surface area contributed by atoms with Crippen LogP contribution in [0.2, 0.25) is 0 Å². The van der Waals surface area contributed by atoms with Gasteiger partial charge in [0, 0.05) is 0 Å². The van der Waals surface area contributed by atoms with E-state index in [0.29, 0.717) is 26.4 Å². The minimum atomic E-state index is -4.40. The Hall–Kier alpha value is -1.19. The molecule has 0 fully saturated rings. The molecular formula is C21H36O7S.